The van der Waals surface area contributed by atoms with Crippen molar-refractivity contribution < 1.29 is 13.2 Å². The minimum Gasteiger partial charge on any atom is -0.353 e. The zero-order valence-corrected chi connectivity index (χ0v) is 9.97. The van der Waals surface area contributed by atoms with E-state index in [1.165, 1.54) is 30.3 Å². The molecule has 19 heavy (non-hydrogen) atoms. The predicted molar refractivity (Wildman–Crippen MR) is 65.5 cm³/mol. The summed E-state index contributed by atoms with van der Waals surface area (Å²) in [6, 6.07) is 7.92. The van der Waals surface area contributed by atoms with Gasteiger partial charge in [0.2, 0.25) is 0 Å². The summed E-state index contributed by atoms with van der Waals surface area (Å²) in [7, 11) is 0. The van der Waals surface area contributed by atoms with Gasteiger partial charge in [-0.15, -0.1) is 0 Å². The van der Waals surface area contributed by atoms with Gasteiger partial charge in [-0.05, 0) is 42.8 Å². The van der Waals surface area contributed by atoms with E-state index in [0.717, 1.165) is 0 Å². The van der Waals surface area contributed by atoms with Crippen molar-refractivity contribution in [2.75, 3.05) is 5.32 Å². The number of aryl methyl sites for hydroxylation is 1. The fourth-order valence-corrected chi connectivity index (χ4v) is 1.64. The van der Waals surface area contributed by atoms with Gasteiger partial charge in [0.25, 0.3) is 0 Å². The third kappa shape index (κ3) is 2.52. The molecule has 1 N–H and O–H groups in total. The Labute approximate surface area is 108 Å². The lowest BCUT2D eigenvalue weighted by atomic mass is 10.1. The summed E-state index contributed by atoms with van der Waals surface area (Å²) >= 11 is 0. The Morgan fingerprint density at radius 2 is 1.68 bits per heavy atom. The Kier molecular flexibility index (Phi) is 3.43. The number of anilines is 2. The zero-order valence-electron chi connectivity index (χ0n) is 9.97. The molecule has 0 saturated carbocycles. The highest BCUT2D eigenvalue weighted by atomic mass is 19.2. The van der Waals surface area contributed by atoms with Gasteiger partial charge in [-0.2, -0.15) is 5.26 Å². The lowest BCUT2D eigenvalue weighted by Crippen LogP contribution is -2.00. The number of halogens is 3. The van der Waals surface area contributed by atoms with E-state index in [1.807, 2.05) is 0 Å². The van der Waals surface area contributed by atoms with Gasteiger partial charge in [0.05, 0.1) is 11.3 Å². The second kappa shape index (κ2) is 5.02. The Hall–Kier alpha value is -2.48. The van der Waals surface area contributed by atoms with Crippen molar-refractivity contribution in [2.24, 2.45) is 0 Å². The van der Waals surface area contributed by atoms with E-state index in [0.29, 0.717) is 11.3 Å². The van der Waals surface area contributed by atoms with Gasteiger partial charge in [0.15, 0.2) is 11.6 Å². The summed E-state index contributed by atoms with van der Waals surface area (Å²) in [6.45, 7) is 1.64. The second-order valence-electron chi connectivity index (χ2n) is 3.98. The molecule has 2 nitrogen and oxygen atoms in total. The number of nitrogens with one attached hydrogen (secondary N) is 1. The minimum absolute atomic E-state index is 0.105. The zero-order chi connectivity index (χ0) is 14.0. The summed E-state index contributed by atoms with van der Waals surface area (Å²) in [5, 5.41) is 11.2. The highest BCUT2D eigenvalue weighted by Gasteiger charge is 2.13. The maximum absolute atomic E-state index is 13.7. The van der Waals surface area contributed by atoms with E-state index < -0.39 is 17.5 Å². The normalized spacial score (nSPS) is 10.1. The molecule has 0 unspecified atom stereocenters. The highest BCUT2D eigenvalue weighted by Crippen LogP contribution is 2.26. The first kappa shape index (κ1) is 13.0. The average Bonchev–Trinajstić information content (AvgIpc) is 2.38. The number of nitrogens with zero attached hydrogens (tertiary/aromatic N) is 1. The first-order valence-corrected chi connectivity index (χ1v) is 5.44. The van der Waals surface area contributed by atoms with Crippen LogP contribution in [0.1, 0.15) is 11.1 Å². The molecule has 0 heterocycles. The molecule has 0 aliphatic carbocycles. The number of hydrogen-bond donors (Lipinski definition) is 1. The van der Waals surface area contributed by atoms with Crippen LogP contribution in [0.15, 0.2) is 30.3 Å². The van der Waals surface area contributed by atoms with E-state index in [-0.39, 0.29) is 11.3 Å². The highest BCUT2D eigenvalue weighted by molar-refractivity contribution is 5.64. The van der Waals surface area contributed by atoms with Crippen molar-refractivity contribution in [1.82, 2.24) is 0 Å². The van der Waals surface area contributed by atoms with Crippen LogP contribution in [0.3, 0.4) is 0 Å². The molecule has 0 saturated heterocycles. The quantitative estimate of drug-likeness (QED) is 0.887. The number of hydrogen-bond acceptors (Lipinski definition) is 2. The van der Waals surface area contributed by atoms with Gasteiger partial charge in [0.1, 0.15) is 11.9 Å². The third-order valence-electron chi connectivity index (χ3n) is 2.66. The van der Waals surface area contributed by atoms with Gasteiger partial charge < -0.3 is 5.32 Å². The molecule has 0 fully saturated rings. The van der Waals surface area contributed by atoms with Crippen LogP contribution in [0.5, 0.6) is 0 Å². The van der Waals surface area contributed by atoms with E-state index in [1.54, 1.807) is 13.0 Å². The first-order chi connectivity index (χ1) is 9.02. The number of rotatable bonds is 2. The van der Waals surface area contributed by atoms with Crippen molar-refractivity contribution in [3.63, 3.8) is 0 Å². The molecule has 2 rings (SSSR count). The summed E-state index contributed by atoms with van der Waals surface area (Å²) in [5.41, 5.74) is 0.554. The van der Waals surface area contributed by atoms with Crippen LogP contribution in [0, 0.1) is 35.7 Å². The van der Waals surface area contributed by atoms with E-state index in [2.05, 4.69) is 5.32 Å². The summed E-state index contributed by atoms with van der Waals surface area (Å²) < 4.78 is 40.0. The van der Waals surface area contributed by atoms with Crippen LogP contribution < -0.4 is 5.32 Å². The molecule has 0 aliphatic heterocycles. The summed E-state index contributed by atoms with van der Waals surface area (Å²) in [5.74, 6) is -2.75. The molecule has 96 valence electrons. The van der Waals surface area contributed by atoms with E-state index in [4.69, 9.17) is 5.26 Å². The van der Waals surface area contributed by atoms with Crippen LogP contribution in [0.4, 0.5) is 24.5 Å². The Morgan fingerprint density at radius 1 is 1.00 bits per heavy atom. The molecule has 0 amide bonds. The van der Waals surface area contributed by atoms with Crippen LogP contribution in [-0.4, -0.2) is 0 Å². The molecule has 0 spiro atoms. The van der Waals surface area contributed by atoms with Crippen molar-refractivity contribution in [3.8, 4) is 6.07 Å². The monoisotopic (exact) mass is 262 g/mol. The standard InChI is InChI=1S/C14H9F3N2/c1-8-6-10(15)3-5-11(8)19-12-4-2-9(7-18)13(16)14(12)17/h2-6,19H,1H3. The maximum atomic E-state index is 13.7. The van der Waals surface area contributed by atoms with E-state index >= 15 is 0 Å². The molecular formula is C14H9F3N2. The van der Waals surface area contributed by atoms with Crippen molar-refractivity contribution in [2.45, 2.75) is 6.92 Å². The topological polar surface area (TPSA) is 35.8 Å². The number of nitriles is 1. The maximum Gasteiger partial charge on any atom is 0.183 e. The van der Waals surface area contributed by atoms with Crippen LogP contribution >= 0.6 is 0 Å². The first-order valence-electron chi connectivity index (χ1n) is 5.44. The molecular weight excluding hydrogens is 253 g/mol. The molecule has 0 bridgehead atoms. The third-order valence-corrected chi connectivity index (χ3v) is 2.66. The average molecular weight is 262 g/mol. The Morgan fingerprint density at radius 3 is 2.32 bits per heavy atom. The van der Waals surface area contributed by atoms with Gasteiger partial charge in [-0.3, -0.25) is 0 Å². The molecule has 2 aromatic carbocycles. The number of benzene rings is 2. The Bertz CT molecular complexity index is 675. The van der Waals surface area contributed by atoms with Crippen molar-refractivity contribution in [1.29, 1.82) is 5.26 Å². The van der Waals surface area contributed by atoms with Gasteiger partial charge in [0, 0.05) is 5.69 Å². The SMILES string of the molecule is Cc1cc(F)ccc1Nc1ccc(C#N)c(F)c1F. The summed E-state index contributed by atoms with van der Waals surface area (Å²) in [4.78, 5) is 0. The molecule has 0 atom stereocenters. The molecule has 0 radical (unpaired) electrons. The van der Waals surface area contributed by atoms with Gasteiger partial charge >= 0.3 is 0 Å². The minimum atomic E-state index is -1.20. The Balaban J connectivity index is 2.39. The van der Waals surface area contributed by atoms with Gasteiger partial charge in [-0.1, -0.05) is 0 Å². The van der Waals surface area contributed by atoms with Crippen LogP contribution in [-0.2, 0) is 0 Å². The van der Waals surface area contributed by atoms with E-state index in [9.17, 15) is 13.2 Å². The van der Waals surface area contributed by atoms with Gasteiger partial charge in [-0.25, -0.2) is 13.2 Å². The van der Waals surface area contributed by atoms with Crippen molar-refractivity contribution in [3.05, 3.63) is 58.9 Å². The molecule has 5 heteroatoms. The molecule has 0 aliphatic rings. The molecule has 2 aromatic rings. The predicted octanol–water partition coefficient (Wildman–Crippen LogP) is 4.03. The lowest BCUT2D eigenvalue weighted by Gasteiger charge is -2.11. The largest absolute Gasteiger partial charge is 0.353 e. The smallest absolute Gasteiger partial charge is 0.183 e. The van der Waals surface area contributed by atoms with Crippen LogP contribution in [0.2, 0.25) is 0 Å². The van der Waals surface area contributed by atoms with Crippen molar-refractivity contribution >= 4 is 11.4 Å². The second-order valence-corrected chi connectivity index (χ2v) is 3.98. The fraction of sp³-hybridized carbons (Fsp3) is 0.0714. The summed E-state index contributed by atoms with van der Waals surface area (Å²) in [6.07, 6.45) is 0. The fourth-order valence-electron chi connectivity index (χ4n) is 1.64. The van der Waals surface area contributed by atoms with Crippen LogP contribution in [0.25, 0.3) is 0 Å². The molecule has 0 aromatic heterocycles. The lowest BCUT2D eigenvalue weighted by molar-refractivity contribution is 0.509.